The highest BCUT2D eigenvalue weighted by Crippen LogP contribution is 2.35. The second-order valence-corrected chi connectivity index (χ2v) is 7.92. The summed E-state index contributed by atoms with van der Waals surface area (Å²) in [7, 11) is 0. The molecule has 0 spiro atoms. The van der Waals surface area contributed by atoms with Crippen LogP contribution in [0.2, 0.25) is 0 Å². The van der Waals surface area contributed by atoms with Crippen molar-refractivity contribution in [2.75, 3.05) is 30.3 Å². The molecule has 0 saturated carbocycles. The molecule has 0 radical (unpaired) electrons. The molecule has 20 heavy (non-hydrogen) atoms. The molecule has 0 N–H and O–H groups in total. The number of halogens is 3. The molecule has 4 nitrogen and oxygen atoms in total. The maximum absolute atomic E-state index is 11.4. The van der Waals surface area contributed by atoms with E-state index in [-0.39, 0.29) is 14.7 Å². The monoisotopic (exact) mass is 418 g/mol. The smallest absolute Gasteiger partial charge is 0.319 e. The highest BCUT2D eigenvalue weighted by atomic mass is 79.9. The van der Waals surface area contributed by atoms with E-state index in [2.05, 4.69) is 22.5 Å². The van der Waals surface area contributed by atoms with Gasteiger partial charge in [0.25, 0.3) is 0 Å². The van der Waals surface area contributed by atoms with Crippen LogP contribution < -0.4 is 0 Å². The van der Waals surface area contributed by atoms with Gasteiger partial charge in [0.05, 0.1) is 4.92 Å². The van der Waals surface area contributed by atoms with E-state index >= 15 is 0 Å². The minimum atomic E-state index is -0.487. The van der Waals surface area contributed by atoms with E-state index in [4.69, 9.17) is 23.2 Å². The van der Waals surface area contributed by atoms with Crippen molar-refractivity contribution in [1.29, 1.82) is 0 Å². The Balaban J connectivity index is 3.25. The van der Waals surface area contributed by atoms with Gasteiger partial charge in [-0.2, -0.15) is 11.8 Å². The van der Waals surface area contributed by atoms with Crippen LogP contribution in [0.1, 0.15) is 0 Å². The first-order valence-corrected chi connectivity index (χ1v) is 9.34. The van der Waals surface area contributed by atoms with Crippen LogP contribution in [-0.2, 0) is 0 Å². The first-order valence-electron chi connectivity index (χ1n) is 5.65. The highest BCUT2D eigenvalue weighted by molar-refractivity contribution is 9.12. The van der Waals surface area contributed by atoms with E-state index in [9.17, 15) is 10.1 Å². The Labute approximate surface area is 144 Å². The summed E-state index contributed by atoms with van der Waals surface area (Å²) < 4.78 is 0.0361. The van der Waals surface area contributed by atoms with Crippen molar-refractivity contribution >= 4 is 62.7 Å². The number of thioether (sulfide) groups is 2. The molecule has 0 atom stereocenters. The highest BCUT2D eigenvalue weighted by Gasteiger charge is 2.29. The third kappa shape index (κ3) is 5.18. The Bertz CT molecular complexity index is 448. The van der Waals surface area contributed by atoms with E-state index in [1.807, 2.05) is 16.7 Å². The Kier molecular flexibility index (Phi) is 8.43. The summed E-state index contributed by atoms with van der Waals surface area (Å²) in [4.78, 5) is 12.9. The number of nitro groups is 1. The fourth-order valence-corrected chi connectivity index (χ4v) is 3.90. The van der Waals surface area contributed by atoms with Gasteiger partial charge in [0.1, 0.15) is 8.97 Å². The van der Waals surface area contributed by atoms with Crippen LogP contribution in [0.5, 0.6) is 0 Å². The summed E-state index contributed by atoms with van der Waals surface area (Å²) in [6, 6.07) is 0. The first-order chi connectivity index (χ1) is 9.49. The molecule has 0 aromatic rings. The molecule has 1 aliphatic rings. The Morgan fingerprint density at radius 2 is 2.10 bits per heavy atom. The first kappa shape index (κ1) is 18.2. The SMILES string of the molecule is C=CCSC(=C(C(Cl)=C(Cl)Br)[N+](=O)[O-])N1CCSCC1. The zero-order valence-electron chi connectivity index (χ0n) is 10.5. The van der Waals surface area contributed by atoms with Gasteiger partial charge >= 0.3 is 5.70 Å². The van der Waals surface area contributed by atoms with Gasteiger partial charge in [-0.3, -0.25) is 10.1 Å². The average molecular weight is 420 g/mol. The fraction of sp³-hybridized carbons (Fsp3) is 0.455. The molecule has 1 saturated heterocycles. The third-order valence-corrected chi connectivity index (χ3v) is 5.74. The van der Waals surface area contributed by atoms with Gasteiger partial charge in [-0.05, 0) is 15.9 Å². The quantitative estimate of drug-likeness (QED) is 0.275. The van der Waals surface area contributed by atoms with Gasteiger partial charge in [0, 0.05) is 30.3 Å². The standard InChI is InChI=1S/C11H13BrCl2N2O2S2/c1-2-5-20-11(15-3-6-19-7-4-15)9(16(17)18)8(13)10(12)14/h2H,1,3-7H2. The molecule has 0 aromatic carbocycles. The summed E-state index contributed by atoms with van der Waals surface area (Å²) in [5.74, 6) is 2.44. The molecule has 112 valence electrons. The lowest BCUT2D eigenvalue weighted by molar-refractivity contribution is -0.421. The lowest BCUT2D eigenvalue weighted by atomic mass is 10.4. The zero-order chi connectivity index (χ0) is 15.1. The van der Waals surface area contributed by atoms with Gasteiger partial charge in [0.2, 0.25) is 0 Å². The van der Waals surface area contributed by atoms with Gasteiger partial charge in [-0.25, -0.2) is 0 Å². The second-order valence-electron chi connectivity index (χ2n) is 3.68. The van der Waals surface area contributed by atoms with Gasteiger partial charge in [-0.15, -0.1) is 6.58 Å². The number of rotatable bonds is 6. The molecular weight excluding hydrogens is 407 g/mol. The fourth-order valence-electron chi connectivity index (χ4n) is 1.56. The maximum Gasteiger partial charge on any atom is 0.319 e. The molecule has 0 unspecified atom stereocenters. The summed E-state index contributed by atoms with van der Waals surface area (Å²) in [5, 5.41) is 11.8. The Morgan fingerprint density at radius 3 is 2.55 bits per heavy atom. The minimum absolute atomic E-state index is 0.0361. The van der Waals surface area contributed by atoms with Crippen LogP contribution >= 0.6 is 62.7 Å². The summed E-state index contributed by atoms with van der Waals surface area (Å²) in [6.07, 6.45) is 1.70. The predicted molar refractivity (Wildman–Crippen MR) is 93.2 cm³/mol. The molecule has 1 fully saturated rings. The van der Waals surface area contributed by atoms with E-state index in [0.29, 0.717) is 10.8 Å². The minimum Gasteiger partial charge on any atom is -0.359 e. The van der Waals surface area contributed by atoms with Crippen LogP contribution in [0.4, 0.5) is 0 Å². The molecule has 1 aliphatic heterocycles. The van der Waals surface area contributed by atoms with Gasteiger partial charge in [0.15, 0.2) is 5.03 Å². The number of allylic oxidation sites excluding steroid dienone is 1. The summed E-state index contributed by atoms with van der Waals surface area (Å²) >= 11 is 17.9. The normalized spacial score (nSPS) is 18.2. The molecule has 0 bridgehead atoms. The largest absolute Gasteiger partial charge is 0.359 e. The molecule has 0 aliphatic carbocycles. The van der Waals surface area contributed by atoms with Crippen LogP contribution in [0.3, 0.4) is 0 Å². The molecule has 1 heterocycles. The summed E-state index contributed by atoms with van der Waals surface area (Å²) in [6.45, 7) is 5.16. The zero-order valence-corrected chi connectivity index (χ0v) is 15.2. The molecule has 1 rings (SSSR count). The van der Waals surface area contributed by atoms with E-state index in [1.54, 1.807) is 6.08 Å². The van der Waals surface area contributed by atoms with Crippen molar-refractivity contribution in [2.45, 2.75) is 0 Å². The lowest BCUT2D eigenvalue weighted by Gasteiger charge is -2.29. The van der Waals surface area contributed by atoms with Crippen LogP contribution in [0.15, 0.2) is 32.4 Å². The van der Waals surface area contributed by atoms with Crippen molar-refractivity contribution < 1.29 is 4.92 Å². The van der Waals surface area contributed by atoms with Crippen LogP contribution in [0.25, 0.3) is 0 Å². The van der Waals surface area contributed by atoms with E-state index in [1.165, 1.54) is 11.8 Å². The van der Waals surface area contributed by atoms with Crippen molar-refractivity contribution in [3.05, 3.63) is 42.5 Å². The third-order valence-electron chi connectivity index (χ3n) is 2.40. The summed E-state index contributed by atoms with van der Waals surface area (Å²) in [5.41, 5.74) is -0.160. The van der Waals surface area contributed by atoms with Crippen LogP contribution in [0, 0.1) is 10.1 Å². The second kappa shape index (κ2) is 9.25. The van der Waals surface area contributed by atoms with Crippen molar-refractivity contribution in [2.24, 2.45) is 0 Å². The van der Waals surface area contributed by atoms with Gasteiger partial charge in [-0.1, -0.05) is 41.0 Å². The number of nitrogens with zero attached hydrogens (tertiary/aromatic N) is 2. The van der Waals surface area contributed by atoms with Gasteiger partial charge < -0.3 is 4.90 Å². The predicted octanol–water partition coefficient (Wildman–Crippen LogP) is 4.44. The Hall–Kier alpha value is 0.180. The molecule has 0 amide bonds. The molecule has 9 heteroatoms. The number of hydrogen-bond donors (Lipinski definition) is 0. The topological polar surface area (TPSA) is 46.4 Å². The van der Waals surface area contributed by atoms with Crippen LogP contribution in [-0.4, -0.2) is 40.2 Å². The van der Waals surface area contributed by atoms with Crippen molar-refractivity contribution in [3.8, 4) is 0 Å². The van der Waals surface area contributed by atoms with Crippen molar-refractivity contribution in [1.82, 2.24) is 4.90 Å². The molecular formula is C11H13BrCl2N2O2S2. The van der Waals surface area contributed by atoms with E-state index in [0.717, 1.165) is 24.6 Å². The van der Waals surface area contributed by atoms with E-state index < -0.39 is 4.92 Å². The lowest BCUT2D eigenvalue weighted by Crippen LogP contribution is -2.32. The average Bonchev–Trinajstić information content (AvgIpc) is 2.43. The van der Waals surface area contributed by atoms with Crippen molar-refractivity contribution in [3.63, 3.8) is 0 Å². The molecule has 0 aromatic heterocycles. The Morgan fingerprint density at radius 1 is 1.50 bits per heavy atom. The maximum atomic E-state index is 11.4. The number of hydrogen-bond acceptors (Lipinski definition) is 5.